The quantitative estimate of drug-likeness (QED) is 0.850. The Labute approximate surface area is 123 Å². The standard InChI is InChI=1S/C14H17FN2O3S/c1-17-9-3-6-13(17)14(18)7-8-16-21(19,20)12-5-2-4-11(15)10-12/h2-6,9-10,14,16,18H,7-8H2,1H3. The zero-order valence-corrected chi connectivity index (χ0v) is 12.3. The summed E-state index contributed by atoms with van der Waals surface area (Å²) in [5.41, 5.74) is 0.708. The molecule has 1 atom stereocenters. The van der Waals surface area contributed by atoms with E-state index in [0.717, 1.165) is 6.07 Å². The number of nitrogens with zero attached hydrogens (tertiary/aromatic N) is 1. The minimum atomic E-state index is -3.77. The van der Waals surface area contributed by atoms with Gasteiger partial charge in [0.25, 0.3) is 0 Å². The van der Waals surface area contributed by atoms with Crippen molar-refractivity contribution in [2.45, 2.75) is 17.4 Å². The van der Waals surface area contributed by atoms with Crippen LogP contribution >= 0.6 is 0 Å². The average molecular weight is 312 g/mol. The lowest BCUT2D eigenvalue weighted by molar-refractivity contribution is 0.161. The first kappa shape index (κ1) is 15.7. The van der Waals surface area contributed by atoms with Crippen LogP contribution in [0.1, 0.15) is 18.2 Å². The normalized spacial score (nSPS) is 13.3. The number of hydrogen-bond donors (Lipinski definition) is 2. The zero-order valence-electron chi connectivity index (χ0n) is 11.5. The summed E-state index contributed by atoms with van der Waals surface area (Å²) in [5, 5.41) is 9.99. The maximum atomic E-state index is 13.0. The molecule has 1 aromatic heterocycles. The minimum Gasteiger partial charge on any atom is -0.387 e. The van der Waals surface area contributed by atoms with E-state index >= 15 is 0 Å². The van der Waals surface area contributed by atoms with E-state index in [1.807, 2.05) is 0 Å². The first-order valence-corrected chi connectivity index (χ1v) is 7.93. The fourth-order valence-electron chi connectivity index (χ4n) is 2.02. The summed E-state index contributed by atoms with van der Waals surface area (Å²) in [7, 11) is -1.96. The highest BCUT2D eigenvalue weighted by molar-refractivity contribution is 7.89. The van der Waals surface area contributed by atoms with Gasteiger partial charge in [-0.15, -0.1) is 0 Å². The lowest BCUT2D eigenvalue weighted by atomic mass is 10.2. The Bertz CT molecular complexity index is 713. The molecule has 1 heterocycles. The minimum absolute atomic E-state index is 0.0607. The first-order chi connectivity index (χ1) is 9.90. The van der Waals surface area contributed by atoms with Crippen molar-refractivity contribution >= 4 is 10.0 Å². The molecule has 0 bridgehead atoms. The van der Waals surface area contributed by atoms with E-state index < -0.39 is 21.9 Å². The summed E-state index contributed by atoms with van der Waals surface area (Å²) >= 11 is 0. The van der Waals surface area contributed by atoms with Crippen molar-refractivity contribution in [3.8, 4) is 0 Å². The molecule has 0 saturated heterocycles. The van der Waals surface area contributed by atoms with Crippen LogP contribution in [0.5, 0.6) is 0 Å². The lowest BCUT2D eigenvalue weighted by Gasteiger charge is -2.12. The molecule has 2 N–H and O–H groups in total. The van der Waals surface area contributed by atoms with Gasteiger partial charge in [-0.05, 0) is 36.8 Å². The van der Waals surface area contributed by atoms with Gasteiger partial charge < -0.3 is 9.67 Å². The molecule has 0 aliphatic carbocycles. The Balaban J connectivity index is 1.95. The van der Waals surface area contributed by atoms with Gasteiger partial charge in [-0.3, -0.25) is 0 Å². The van der Waals surface area contributed by atoms with Gasteiger partial charge in [0.2, 0.25) is 10.0 Å². The number of halogens is 1. The summed E-state index contributed by atoms with van der Waals surface area (Å²) in [4.78, 5) is -0.129. The molecule has 0 aliphatic heterocycles. The predicted molar refractivity (Wildman–Crippen MR) is 76.6 cm³/mol. The molecule has 0 fully saturated rings. The molecule has 0 saturated carbocycles. The molecule has 5 nitrogen and oxygen atoms in total. The van der Waals surface area contributed by atoms with Crippen molar-refractivity contribution in [1.82, 2.24) is 9.29 Å². The van der Waals surface area contributed by atoms with E-state index in [1.54, 1.807) is 29.9 Å². The molecule has 2 rings (SSSR count). The number of aliphatic hydroxyl groups is 1. The van der Waals surface area contributed by atoms with Gasteiger partial charge in [-0.25, -0.2) is 17.5 Å². The fraction of sp³-hybridized carbons (Fsp3) is 0.286. The highest BCUT2D eigenvalue weighted by Crippen LogP contribution is 2.16. The maximum Gasteiger partial charge on any atom is 0.240 e. The second-order valence-corrected chi connectivity index (χ2v) is 6.47. The van der Waals surface area contributed by atoms with Gasteiger partial charge >= 0.3 is 0 Å². The van der Waals surface area contributed by atoms with E-state index in [9.17, 15) is 17.9 Å². The first-order valence-electron chi connectivity index (χ1n) is 6.44. The van der Waals surface area contributed by atoms with Crippen LogP contribution in [0.25, 0.3) is 0 Å². The molecule has 0 amide bonds. The highest BCUT2D eigenvalue weighted by Gasteiger charge is 2.16. The van der Waals surface area contributed by atoms with Crippen LogP contribution in [-0.2, 0) is 17.1 Å². The molecule has 114 valence electrons. The Morgan fingerprint density at radius 1 is 1.33 bits per heavy atom. The summed E-state index contributed by atoms with van der Waals surface area (Å²) in [6, 6.07) is 8.36. The topological polar surface area (TPSA) is 71.3 Å². The third-order valence-electron chi connectivity index (χ3n) is 3.14. The van der Waals surface area contributed by atoms with Gasteiger partial charge in [0.15, 0.2) is 0 Å². The molecule has 1 unspecified atom stereocenters. The van der Waals surface area contributed by atoms with Crippen molar-refractivity contribution in [3.05, 3.63) is 54.1 Å². The van der Waals surface area contributed by atoms with Crippen molar-refractivity contribution in [2.75, 3.05) is 6.54 Å². The number of benzene rings is 1. The number of hydrogen-bond acceptors (Lipinski definition) is 3. The monoisotopic (exact) mass is 312 g/mol. The van der Waals surface area contributed by atoms with Crippen molar-refractivity contribution in [1.29, 1.82) is 0 Å². The van der Waals surface area contributed by atoms with Gasteiger partial charge in [-0.1, -0.05) is 6.07 Å². The number of aryl methyl sites for hydroxylation is 1. The molecular formula is C14H17FN2O3S. The molecule has 21 heavy (non-hydrogen) atoms. The van der Waals surface area contributed by atoms with Crippen LogP contribution in [0, 0.1) is 5.82 Å². The number of rotatable bonds is 6. The molecular weight excluding hydrogens is 295 g/mol. The van der Waals surface area contributed by atoms with E-state index in [0.29, 0.717) is 5.69 Å². The van der Waals surface area contributed by atoms with E-state index in [-0.39, 0.29) is 17.9 Å². The molecule has 0 spiro atoms. The molecule has 0 radical (unpaired) electrons. The Hall–Kier alpha value is -1.70. The third-order valence-corrected chi connectivity index (χ3v) is 4.60. The van der Waals surface area contributed by atoms with Crippen LogP contribution in [0.2, 0.25) is 0 Å². The second-order valence-electron chi connectivity index (χ2n) is 4.70. The third kappa shape index (κ3) is 3.90. The molecule has 7 heteroatoms. The fourth-order valence-corrected chi connectivity index (χ4v) is 3.09. The van der Waals surface area contributed by atoms with Crippen LogP contribution in [0.15, 0.2) is 47.5 Å². The van der Waals surface area contributed by atoms with Crippen LogP contribution in [0.4, 0.5) is 4.39 Å². The SMILES string of the molecule is Cn1cccc1C(O)CCNS(=O)(=O)c1cccc(F)c1. The van der Waals surface area contributed by atoms with Gasteiger partial charge in [-0.2, -0.15) is 0 Å². The van der Waals surface area contributed by atoms with E-state index in [4.69, 9.17) is 0 Å². The average Bonchev–Trinajstić information content (AvgIpc) is 2.85. The highest BCUT2D eigenvalue weighted by atomic mass is 32.2. The summed E-state index contributed by atoms with van der Waals surface area (Å²) in [6.07, 6.45) is 1.27. The Morgan fingerprint density at radius 2 is 2.10 bits per heavy atom. The van der Waals surface area contributed by atoms with Crippen LogP contribution in [-0.4, -0.2) is 24.6 Å². The van der Waals surface area contributed by atoms with Crippen molar-refractivity contribution in [3.63, 3.8) is 0 Å². The summed E-state index contributed by atoms with van der Waals surface area (Å²) < 4.78 is 41.1. The second kappa shape index (κ2) is 6.38. The Kier molecular flexibility index (Phi) is 4.76. The smallest absolute Gasteiger partial charge is 0.240 e. The largest absolute Gasteiger partial charge is 0.387 e. The van der Waals surface area contributed by atoms with Crippen LogP contribution in [0.3, 0.4) is 0 Å². The van der Waals surface area contributed by atoms with E-state index in [2.05, 4.69) is 4.72 Å². The maximum absolute atomic E-state index is 13.0. The number of aliphatic hydroxyl groups excluding tert-OH is 1. The predicted octanol–water partition coefficient (Wildman–Crippen LogP) is 1.57. The van der Waals surface area contributed by atoms with Crippen molar-refractivity contribution in [2.24, 2.45) is 7.05 Å². The molecule has 1 aromatic carbocycles. The van der Waals surface area contributed by atoms with Gasteiger partial charge in [0.05, 0.1) is 11.0 Å². The van der Waals surface area contributed by atoms with Crippen molar-refractivity contribution < 1.29 is 17.9 Å². The van der Waals surface area contributed by atoms with Crippen LogP contribution < -0.4 is 4.72 Å². The molecule has 2 aromatic rings. The number of nitrogens with one attached hydrogen (secondary N) is 1. The van der Waals surface area contributed by atoms with Gasteiger partial charge in [0, 0.05) is 25.5 Å². The summed E-state index contributed by atoms with van der Waals surface area (Å²) in [6.45, 7) is 0.0607. The number of aromatic nitrogens is 1. The Morgan fingerprint density at radius 3 is 2.71 bits per heavy atom. The van der Waals surface area contributed by atoms with E-state index in [1.165, 1.54) is 18.2 Å². The number of sulfonamides is 1. The lowest BCUT2D eigenvalue weighted by Crippen LogP contribution is -2.26. The molecule has 0 aliphatic rings. The summed E-state index contributed by atoms with van der Waals surface area (Å²) in [5.74, 6) is -0.610. The zero-order chi connectivity index (χ0) is 15.5. The van der Waals surface area contributed by atoms with Gasteiger partial charge in [0.1, 0.15) is 5.82 Å².